The standard InChI is InChI=1S/C32H48Cl2N2O5Si/c1-12-16-35(27-17-22(2)24(19-26(27)34)20-29(37)39-9)36(30(38)40-31(3,4)5)21-28(23-14-13-15-25(33)18-23)41-42(10,11)32(6,7)8/h13-15,17-19,28H,12,16,20-21H2,1-11H3/t28-/m0/s1. The lowest BCUT2D eigenvalue weighted by Crippen LogP contribution is -2.52. The van der Waals surface area contributed by atoms with Gasteiger partial charge in [-0.15, -0.1) is 0 Å². The van der Waals surface area contributed by atoms with Gasteiger partial charge in [-0.3, -0.25) is 9.80 Å². The maximum absolute atomic E-state index is 14.0. The average Bonchev–Trinajstić information content (AvgIpc) is 2.85. The zero-order chi connectivity index (χ0) is 32.0. The van der Waals surface area contributed by atoms with E-state index in [1.807, 2.05) is 70.0 Å². The van der Waals surface area contributed by atoms with E-state index < -0.39 is 26.1 Å². The molecule has 0 aromatic heterocycles. The van der Waals surface area contributed by atoms with Crippen molar-refractivity contribution in [1.29, 1.82) is 0 Å². The molecular weight excluding hydrogens is 591 g/mol. The van der Waals surface area contributed by atoms with Crippen LogP contribution in [0.15, 0.2) is 36.4 Å². The Morgan fingerprint density at radius 2 is 1.67 bits per heavy atom. The maximum atomic E-state index is 14.0. The number of carbonyl (C=O) groups excluding carboxylic acids is 2. The Morgan fingerprint density at radius 3 is 2.19 bits per heavy atom. The molecule has 234 valence electrons. The Hall–Kier alpha value is -2.26. The summed E-state index contributed by atoms with van der Waals surface area (Å²) in [6.07, 6.45) is -0.184. The molecule has 0 saturated heterocycles. The summed E-state index contributed by atoms with van der Waals surface area (Å²) in [4.78, 5) is 26.0. The molecular formula is C32H48Cl2N2O5Si. The van der Waals surface area contributed by atoms with Crippen LogP contribution in [0.1, 0.15) is 77.7 Å². The minimum Gasteiger partial charge on any atom is -0.469 e. The third kappa shape index (κ3) is 9.90. The molecule has 2 rings (SSSR count). The van der Waals surface area contributed by atoms with E-state index in [9.17, 15) is 9.59 Å². The van der Waals surface area contributed by atoms with Crippen LogP contribution in [0.4, 0.5) is 10.5 Å². The van der Waals surface area contributed by atoms with Gasteiger partial charge in [-0.2, -0.15) is 0 Å². The number of aryl methyl sites for hydroxylation is 1. The van der Waals surface area contributed by atoms with E-state index in [1.165, 1.54) is 7.11 Å². The van der Waals surface area contributed by atoms with Gasteiger partial charge in [-0.25, -0.2) is 9.80 Å². The fourth-order valence-corrected chi connectivity index (χ4v) is 5.86. The van der Waals surface area contributed by atoms with E-state index in [2.05, 4.69) is 33.9 Å². The van der Waals surface area contributed by atoms with E-state index in [0.717, 1.165) is 23.1 Å². The molecule has 0 unspecified atom stereocenters. The van der Waals surface area contributed by atoms with E-state index in [0.29, 0.717) is 22.3 Å². The summed E-state index contributed by atoms with van der Waals surface area (Å²) >= 11 is 13.3. The Bertz CT molecular complexity index is 1240. The average molecular weight is 640 g/mol. The van der Waals surface area contributed by atoms with Gasteiger partial charge in [0.15, 0.2) is 8.32 Å². The molecule has 2 aromatic carbocycles. The summed E-state index contributed by atoms with van der Waals surface area (Å²) in [7, 11) is -0.947. The summed E-state index contributed by atoms with van der Waals surface area (Å²) in [5.41, 5.74) is 2.38. The Balaban J connectivity index is 2.71. The largest absolute Gasteiger partial charge is 0.469 e. The van der Waals surface area contributed by atoms with Crippen LogP contribution in [0, 0.1) is 6.92 Å². The molecule has 1 amide bonds. The fourth-order valence-electron chi connectivity index (χ4n) is 4.10. The van der Waals surface area contributed by atoms with Crippen LogP contribution in [0.2, 0.25) is 28.2 Å². The van der Waals surface area contributed by atoms with E-state index in [1.54, 1.807) is 11.1 Å². The van der Waals surface area contributed by atoms with Gasteiger partial charge >= 0.3 is 12.1 Å². The molecule has 0 spiro atoms. The number of ether oxygens (including phenoxy) is 2. The molecule has 0 radical (unpaired) electrons. The van der Waals surface area contributed by atoms with Gasteiger partial charge in [-0.1, -0.05) is 63.0 Å². The lowest BCUT2D eigenvalue weighted by molar-refractivity contribution is -0.139. The molecule has 1 atom stereocenters. The Kier molecular flexibility index (Phi) is 12.4. The van der Waals surface area contributed by atoms with Crippen molar-refractivity contribution in [2.75, 3.05) is 25.2 Å². The molecule has 0 aliphatic rings. The third-order valence-electron chi connectivity index (χ3n) is 7.38. The summed E-state index contributed by atoms with van der Waals surface area (Å²) in [5.74, 6) is -0.352. The molecule has 2 aromatic rings. The highest BCUT2D eigenvalue weighted by atomic mass is 35.5. The number of benzene rings is 2. The van der Waals surface area contributed by atoms with Crippen molar-refractivity contribution >= 4 is 49.3 Å². The number of nitrogens with zero attached hydrogens (tertiary/aromatic N) is 2. The highest BCUT2D eigenvalue weighted by Crippen LogP contribution is 2.41. The van der Waals surface area contributed by atoms with Crippen LogP contribution >= 0.6 is 23.2 Å². The molecule has 0 heterocycles. The zero-order valence-corrected chi connectivity index (χ0v) is 29.6. The predicted octanol–water partition coefficient (Wildman–Crippen LogP) is 9.15. The molecule has 0 aliphatic heterocycles. The highest BCUT2D eigenvalue weighted by Gasteiger charge is 2.41. The molecule has 0 bridgehead atoms. The van der Waals surface area contributed by atoms with Crippen molar-refractivity contribution in [1.82, 2.24) is 5.01 Å². The Morgan fingerprint density at radius 1 is 1.02 bits per heavy atom. The number of carbonyl (C=O) groups is 2. The molecule has 0 N–H and O–H groups in total. The highest BCUT2D eigenvalue weighted by molar-refractivity contribution is 6.74. The normalized spacial score (nSPS) is 13.0. The second-order valence-corrected chi connectivity index (χ2v) is 18.7. The van der Waals surface area contributed by atoms with E-state index in [4.69, 9.17) is 37.1 Å². The van der Waals surface area contributed by atoms with Gasteiger partial charge in [0.05, 0.1) is 36.9 Å². The van der Waals surface area contributed by atoms with Gasteiger partial charge in [0, 0.05) is 11.6 Å². The van der Waals surface area contributed by atoms with Crippen molar-refractivity contribution in [3.63, 3.8) is 0 Å². The fraction of sp³-hybridized carbons (Fsp3) is 0.562. The maximum Gasteiger partial charge on any atom is 0.429 e. The number of methoxy groups -OCH3 is 1. The number of hydrogen-bond acceptors (Lipinski definition) is 6. The molecule has 0 aliphatic carbocycles. The quantitative estimate of drug-likeness (QED) is 0.139. The van der Waals surface area contributed by atoms with Gasteiger partial charge in [0.25, 0.3) is 0 Å². The van der Waals surface area contributed by atoms with Crippen LogP contribution < -0.4 is 5.01 Å². The number of hydrazine groups is 1. The molecule has 0 fully saturated rings. The van der Waals surface area contributed by atoms with Gasteiger partial charge in [0.2, 0.25) is 0 Å². The van der Waals surface area contributed by atoms with Crippen molar-refractivity contribution in [3.8, 4) is 0 Å². The SMILES string of the molecule is CCCN(c1cc(C)c(CC(=O)OC)cc1Cl)N(C[C@H](O[Si](C)(C)C(C)(C)C)c1cccc(Cl)c1)C(=O)OC(C)(C)C. The number of rotatable bonds is 11. The summed E-state index contributed by atoms with van der Waals surface area (Å²) in [5, 5.41) is 4.38. The smallest absolute Gasteiger partial charge is 0.429 e. The number of esters is 1. The summed E-state index contributed by atoms with van der Waals surface area (Å²) < 4.78 is 17.8. The van der Waals surface area contributed by atoms with Crippen molar-refractivity contribution in [2.24, 2.45) is 0 Å². The zero-order valence-electron chi connectivity index (χ0n) is 27.1. The van der Waals surface area contributed by atoms with Crippen molar-refractivity contribution in [3.05, 3.63) is 63.1 Å². The molecule has 42 heavy (non-hydrogen) atoms. The van der Waals surface area contributed by atoms with E-state index >= 15 is 0 Å². The third-order valence-corrected chi connectivity index (χ3v) is 12.4. The van der Waals surface area contributed by atoms with Crippen LogP contribution in [0.3, 0.4) is 0 Å². The Labute approximate surface area is 263 Å². The molecule has 0 saturated carbocycles. The first-order valence-corrected chi connectivity index (χ1v) is 18.0. The monoisotopic (exact) mass is 638 g/mol. The van der Waals surface area contributed by atoms with Gasteiger partial charge < -0.3 is 13.9 Å². The van der Waals surface area contributed by atoms with Crippen LogP contribution in [-0.2, 0) is 25.1 Å². The topological polar surface area (TPSA) is 68.3 Å². The minimum absolute atomic E-state index is 0.0699. The van der Waals surface area contributed by atoms with E-state index in [-0.39, 0.29) is 24.0 Å². The van der Waals surface area contributed by atoms with Gasteiger partial charge in [0.1, 0.15) is 5.60 Å². The van der Waals surface area contributed by atoms with Crippen molar-refractivity contribution in [2.45, 2.75) is 98.1 Å². The number of hydrogen-bond donors (Lipinski definition) is 0. The summed E-state index contributed by atoms with van der Waals surface area (Å²) in [6.45, 7) is 21.0. The van der Waals surface area contributed by atoms with Crippen LogP contribution in [0.5, 0.6) is 0 Å². The lowest BCUT2D eigenvalue weighted by Gasteiger charge is -2.43. The first-order valence-electron chi connectivity index (χ1n) is 14.4. The first-order chi connectivity index (χ1) is 19.3. The van der Waals surface area contributed by atoms with Crippen molar-refractivity contribution < 1.29 is 23.5 Å². The van der Waals surface area contributed by atoms with Crippen LogP contribution in [0.25, 0.3) is 0 Å². The number of anilines is 1. The lowest BCUT2D eigenvalue weighted by atomic mass is 10.0. The van der Waals surface area contributed by atoms with Crippen LogP contribution in [-0.4, -0.2) is 51.2 Å². The number of amides is 1. The predicted molar refractivity (Wildman–Crippen MR) is 175 cm³/mol. The molecule has 7 nitrogen and oxygen atoms in total. The first kappa shape index (κ1) is 35.9. The minimum atomic E-state index is -2.31. The second-order valence-electron chi connectivity index (χ2n) is 13.1. The molecule has 10 heteroatoms. The number of halogens is 2. The van der Waals surface area contributed by atoms with Gasteiger partial charge in [-0.05, 0) is 93.2 Å². The summed E-state index contributed by atoms with van der Waals surface area (Å²) in [6, 6.07) is 11.2. The second kappa shape index (κ2) is 14.5.